The molecule has 0 bridgehead atoms. The number of carbonyl (C=O) groups is 1. The van der Waals surface area contributed by atoms with Crippen LogP contribution in [-0.4, -0.2) is 29.8 Å². The highest BCUT2D eigenvalue weighted by Gasteiger charge is 2.18. The van der Waals surface area contributed by atoms with Crippen LogP contribution in [0.15, 0.2) is 52.6 Å². The van der Waals surface area contributed by atoms with E-state index in [9.17, 15) is 4.79 Å². The fourth-order valence-electron chi connectivity index (χ4n) is 4.67. The minimum absolute atomic E-state index is 0.448. The number of benzene rings is 1. The molecule has 0 amide bonds. The number of anilines is 1. The minimum Gasteiger partial charge on any atom is -0.370 e. The summed E-state index contributed by atoms with van der Waals surface area (Å²) in [5, 5.41) is 0. The number of allylic oxidation sites excluding steroid dienone is 1. The molecule has 5 nitrogen and oxygen atoms in total. The van der Waals surface area contributed by atoms with Gasteiger partial charge in [0.15, 0.2) is 0 Å². The van der Waals surface area contributed by atoms with Gasteiger partial charge >= 0.3 is 0 Å². The molecule has 208 valence electrons. The van der Waals surface area contributed by atoms with Crippen molar-refractivity contribution in [3.8, 4) is 0 Å². The van der Waals surface area contributed by atoms with E-state index in [1.54, 1.807) is 4.57 Å². The molecule has 0 spiro atoms. The summed E-state index contributed by atoms with van der Waals surface area (Å²) in [5.41, 5.74) is 6.77. The van der Waals surface area contributed by atoms with Gasteiger partial charge in [0.2, 0.25) is 6.41 Å². The minimum atomic E-state index is 0.448. The van der Waals surface area contributed by atoms with Gasteiger partial charge in [0.05, 0.1) is 17.1 Å². The average Bonchev–Trinajstić information content (AvgIpc) is 2.94. The summed E-state index contributed by atoms with van der Waals surface area (Å²) in [6.45, 7) is 21.3. The number of nitrogens with zero attached hydrogens (tertiary/aromatic N) is 4. The molecule has 1 saturated heterocycles. The van der Waals surface area contributed by atoms with Crippen molar-refractivity contribution < 1.29 is 4.79 Å². The predicted molar refractivity (Wildman–Crippen MR) is 165 cm³/mol. The number of aryl methyl sites for hydroxylation is 1. The number of rotatable bonds is 7. The Balaban J connectivity index is 0.00000247. The third-order valence-electron chi connectivity index (χ3n) is 7.97. The highest BCUT2D eigenvalue weighted by molar-refractivity contribution is 5.87. The lowest BCUT2D eigenvalue weighted by Gasteiger charge is -2.32. The standard InChI is InChI=1S/C31H44N4O.C2H6/c1-8-22(3)26(7)32-30-19-27(13-12-25(30)6)29(9-2)33-31-15-14-28(20-35(31)21-36)34-17-10-11-23(4)24(5)16-18-34;1-2/h9,12-15,19-24H,8,10-11,16-18H2,1-7H3;1-2H3/b29-9-,32-26?,33-31?;. The predicted octanol–water partition coefficient (Wildman–Crippen LogP) is 8.22. The molecule has 5 heteroatoms. The normalized spacial score (nSPS) is 20.2. The van der Waals surface area contributed by atoms with Crippen molar-refractivity contribution in [2.45, 2.75) is 88.0 Å². The Morgan fingerprint density at radius 1 is 1.11 bits per heavy atom. The van der Waals surface area contributed by atoms with E-state index in [0.29, 0.717) is 11.4 Å². The van der Waals surface area contributed by atoms with Gasteiger partial charge < -0.3 is 4.90 Å². The van der Waals surface area contributed by atoms with Crippen molar-refractivity contribution in [2.24, 2.45) is 27.7 Å². The van der Waals surface area contributed by atoms with Gasteiger partial charge in [-0.15, -0.1) is 0 Å². The van der Waals surface area contributed by atoms with Gasteiger partial charge in [-0.25, -0.2) is 4.99 Å². The number of aromatic nitrogens is 1. The van der Waals surface area contributed by atoms with E-state index >= 15 is 0 Å². The molecule has 1 aliphatic rings. The molecule has 3 atom stereocenters. The van der Waals surface area contributed by atoms with Crippen molar-refractivity contribution in [1.82, 2.24) is 4.57 Å². The molecule has 0 N–H and O–H groups in total. The molecule has 1 fully saturated rings. The number of carbonyl (C=O) groups excluding carboxylic acids is 1. The van der Waals surface area contributed by atoms with Crippen LogP contribution in [0.2, 0.25) is 0 Å². The first kappa shape index (κ1) is 31.3. The quantitative estimate of drug-likeness (QED) is 0.274. The fraction of sp³-hybridized carbons (Fsp3) is 0.545. The van der Waals surface area contributed by atoms with Crippen molar-refractivity contribution in [3.05, 3.63) is 59.2 Å². The molecular weight excluding hydrogens is 468 g/mol. The third kappa shape index (κ3) is 8.28. The molecule has 0 radical (unpaired) electrons. The van der Waals surface area contributed by atoms with E-state index in [1.807, 2.05) is 39.1 Å². The van der Waals surface area contributed by atoms with Crippen LogP contribution in [0, 0.1) is 24.7 Å². The maximum Gasteiger partial charge on any atom is 0.219 e. The molecule has 2 heterocycles. The van der Waals surface area contributed by atoms with Gasteiger partial charge in [0.1, 0.15) is 5.49 Å². The first-order chi connectivity index (χ1) is 18.3. The summed E-state index contributed by atoms with van der Waals surface area (Å²) in [6, 6.07) is 10.3. The zero-order valence-electron chi connectivity index (χ0n) is 25.3. The Kier molecular flexibility index (Phi) is 12.7. The topological polar surface area (TPSA) is 50.0 Å². The first-order valence-electron chi connectivity index (χ1n) is 14.6. The Hall–Kier alpha value is -2.95. The lowest BCUT2D eigenvalue weighted by Crippen LogP contribution is -2.32. The molecule has 2 aromatic rings. The van der Waals surface area contributed by atoms with E-state index in [1.165, 1.54) is 19.3 Å². The van der Waals surface area contributed by atoms with Crippen LogP contribution in [0.3, 0.4) is 0 Å². The Labute approximate surface area is 231 Å². The van der Waals surface area contributed by atoms with Crippen LogP contribution >= 0.6 is 0 Å². The lowest BCUT2D eigenvalue weighted by atomic mass is 9.87. The van der Waals surface area contributed by atoms with Crippen molar-refractivity contribution in [3.63, 3.8) is 0 Å². The monoisotopic (exact) mass is 518 g/mol. The van der Waals surface area contributed by atoms with Crippen molar-refractivity contribution >= 4 is 29.2 Å². The second-order valence-electron chi connectivity index (χ2n) is 10.5. The summed E-state index contributed by atoms with van der Waals surface area (Å²) in [6.07, 6.45) is 9.44. The summed E-state index contributed by atoms with van der Waals surface area (Å²) in [7, 11) is 0. The Morgan fingerprint density at radius 3 is 2.47 bits per heavy atom. The van der Waals surface area contributed by atoms with Crippen LogP contribution < -0.4 is 10.4 Å². The van der Waals surface area contributed by atoms with E-state index in [-0.39, 0.29) is 0 Å². The second kappa shape index (κ2) is 15.5. The van der Waals surface area contributed by atoms with E-state index in [4.69, 9.17) is 9.98 Å². The average molecular weight is 519 g/mol. The van der Waals surface area contributed by atoms with Gasteiger partial charge in [0, 0.05) is 30.6 Å². The molecule has 1 aliphatic heterocycles. The van der Waals surface area contributed by atoms with Gasteiger partial charge in [-0.1, -0.05) is 59.8 Å². The van der Waals surface area contributed by atoms with E-state index in [2.05, 4.69) is 70.7 Å². The van der Waals surface area contributed by atoms with E-state index in [0.717, 1.165) is 71.7 Å². The van der Waals surface area contributed by atoms with E-state index < -0.39 is 0 Å². The lowest BCUT2D eigenvalue weighted by molar-refractivity contribution is 0.322. The number of hydrogen-bond acceptors (Lipinski definition) is 4. The largest absolute Gasteiger partial charge is 0.370 e. The zero-order valence-corrected chi connectivity index (χ0v) is 25.3. The zero-order chi connectivity index (χ0) is 28.2. The van der Waals surface area contributed by atoms with Crippen LogP contribution in [0.1, 0.15) is 92.2 Å². The third-order valence-corrected chi connectivity index (χ3v) is 7.97. The number of aliphatic imine (C=N–C) groups is 1. The number of hydrogen-bond donors (Lipinski definition) is 0. The van der Waals surface area contributed by atoms with Crippen molar-refractivity contribution in [2.75, 3.05) is 18.0 Å². The molecule has 38 heavy (non-hydrogen) atoms. The van der Waals surface area contributed by atoms with Gasteiger partial charge in [0.25, 0.3) is 0 Å². The summed E-state index contributed by atoms with van der Waals surface area (Å²) in [4.78, 5) is 24.3. The molecule has 3 unspecified atom stereocenters. The summed E-state index contributed by atoms with van der Waals surface area (Å²) in [5.74, 6) is 1.94. The molecule has 3 rings (SSSR count). The van der Waals surface area contributed by atoms with Crippen LogP contribution in [0.4, 0.5) is 11.4 Å². The highest BCUT2D eigenvalue weighted by Crippen LogP contribution is 2.27. The summed E-state index contributed by atoms with van der Waals surface area (Å²) >= 11 is 0. The number of pyridine rings is 1. The maximum absolute atomic E-state index is 12.0. The molecule has 1 aromatic carbocycles. The first-order valence-corrected chi connectivity index (χ1v) is 14.6. The SMILES string of the molecule is C/C=C(\N=c1ccc(N2CCCC(C)C(C)CC2)cn1C=O)c1ccc(C)c(N=C(C)C(C)CC)c1.CC. The van der Waals surface area contributed by atoms with Crippen LogP contribution in [0.25, 0.3) is 5.70 Å². The van der Waals surface area contributed by atoms with Gasteiger partial charge in [-0.05, 0) is 88.0 Å². The van der Waals surface area contributed by atoms with Gasteiger partial charge in [-0.2, -0.15) is 0 Å². The Bertz CT molecular complexity index is 1170. The molecule has 1 aromatic heterocycles. The molecular formula is C33H50N4O. The summed E-state index contributed by atoms with van der Waals surface area (Å²) < 4.78 is 1.60. The van der Waals surface area contributed by atoms with Crippen molar-refractivity contribution in [1.29, 1.82) is 0 Å². The van der Waals surface area contributed by atoms with Crippen LogP contribution in [-0.2, 0) is 4.79 Å². The molecule has 0 aliphatic carbocycles. The Morgan fingerprint density at radius 2 is 1.82 bits per heavy atom. The van der Waals surface area contributed by atoms with Gasteiger partial charge in [-0.3, -0.25) is 14.4 Å². The highest BCUT2D eigenvalue weighted by atomic mass is 16.1. The second-order valence-corrected chi connectivity index (χ2v) is 10.5. The maximum atomic E-state index is 12.0. The fourth-order valence-corrected chi connectivity index (χ4v) is 4.67. The molecule has 0 saturated carbocycles. The van der Waals surface area contributed by atoms with Crippen LogP contribution in [0.5, 0.6) is 0 Å². The smallest absolute Gasteiger partial charge is 0.219 e.